The van der Waals surface area contributed by atoms with E-state index in [-0.39, 0.29) is 12.1 Å². The van der Waals surface area contributed by atoms with Gasteiger partial charge < -0.3 is 0 Å². The maximum Gasteiger partial charge on any atom is 0.345 e. The van der Waals surface area contributed by atoms with Gasteiger partial charge in [-0.25, -0.2) is 9.80 Å². The molecule has 140 valence electrons. The number of carbonyl (C=O) groups excluding carboxylic acids is 1. The van der Waals surface area contributed by atoms with E-state index in [0.29, 0.717) is 11.4 Å². The number of urea groups is 1. The molecule has 2 amide bonds. The number of hydrogen-bond donors (Lipinski definition) is 0. The highest BCUT2D eigenvalue weighted by atomic mass is 35.5. The molecule has 0 radical (unpaired) electrons. The van der Waals surface area contributed by atoms with Gasteiger partial charge in [-0.15, -0.1) is 0 Å². The van der Waals surface area contributed by atoms with Crippen LogP contribution in [0.4, 0.5) is 10.5 Å². The Hall–Kier alpha value is -3.11. The Morgan fingerprint density at radius 2 is 1.57 bits per heavy atom. The molecule has 0 aromatic heterocycles. The summed E-state index contributed by atoms with van der Waals surface area (Å²) in [5.74, 6) is 0. The third-order valence-corrected chi connectivity index (χ3v) is 5.15. The first-order valence-electron chi connectivity index (χ1n) is 9.14. The van der Waals surface area contributed by atoms with Crippen molar-refractivity contribution in [3.05, 3.63) is 101 Å². The largest absolute Gasteiger partial charge is 0.345 e. The second kappa shape index (κ2) is 7.87. The topological polar surface area (TPSA) is 35.9 Å². The summed E-state index contributed by atoms with van der Waals surface area (Å²) < 4.78 is 0. The Kier molecular flexibility index (Phi) is 5.13. The number of rotatable bonds is 3. The summed E-state index contributed by atoms with van der Waals surface area (Å²) in [6.07, 6.45) is 0.675. The van der Waals surface area contributed by atoms with Crippen LogP contribution in [0.3, 0.4) is 0 Å². The third kappa shape index (κ3) is 3.64. The Bertz CT molecular complexity index is 987. The summed E-state index contributed by atoms with van der Waals surface area (Å²) >= 11 is 5.98. The number of nitrogens with zero attached hydrogens (tertiary/aromatic N) is 3. The molecule has 3 aromatic rings. The standard InChI is InChI=1S/C23H20ClN3O/c1-26(20-14-12-19(24)13-15-20)23(28)27-22(18-10-6-3-7-11-18)16-21(25-27)17-8-4-2-5-9-17/h2-15,22H,16H2,1H3. The van der Waals surface area contributed by atoms with Crippen LogP contribution < -0.4 is 4.90 Å². The molecule has 4 rings (SSSR count). The minimum atomic E-state index is -0.179. The monoisotopic (exact) mass is 389 g/mol. The van der Waals surface area contributed by atoms with Gasteiger partial charge >= 0.3 is 6.03 Å². The lowest BCUT2D eigenvalue weighted by atomic mass is 9.98. The lowest BCUT2D eigenvalue weighted by molar-refractivity contribution is 0.194. The second-order valence-corrected chi connectivity index (χ2v) is 7.14. The Labute approximate surface area is 169 Å². The van der Waals surface area contributed by atoms with Gasteiger partial charge in [-0.2, -0.15) is 5.10 Å². The van der Waals surface area contributed by atoms with Gasteiger partial charge in [0.25, 0.3) is 0 Å². The molecule has 0 saturated heterocycles. The van der Waals surface area contributed by atoms with E-state index in [1.165, 1.54) is 0 Å². The molecule has 3 aromatic carbocycles. The predicted octanol–water partition coefficient (Wildman–Crippen LogP) is 5.75. The molecule has 1 heterocycles. The molecule has 1 aliphatic rings. The molecule has 0 fully saturated rings. The molecule has 0 N–H and O–H groups in total. The summed E-state index contributed by atoms with van der Waals surface area (Å²) in [7, 11) is 1.75. The van der Waals surface area contributed by atoms with Gasteiger partial charge in [0.1, 0.15) is 0 Å². The van der Waals surface area contributed by atoms with Crippen LogP contribution in [-0.2, 0) is 0 Å². The smallest absolute Gasteiger partial charge is 0.296 e. The molecule has 28 heavy (non-hydrogen) atoms. The summed E-state index contributed by atoms with van der Waals surface area (Å²) in [6.45, 7) is 0. The minimum absolute atomic E-state index is 0.140. The van der Waals surface area contributed by atoms with Crippen LogP contribution in [-0.4, -0.2) is 23.8 Å². The van der Waals surface area contributed by atoms with Crippen LogP contribution in [0.5, 0.6) is 0 Å². The molecule has 4 nitrogen and oxygen atoms in total. The van der Waals surface area contributed by atoms with Gasteiger partial charge in [-0.1, -0.05) is 72.3 Å². The highest BCUT2D eigenvalue weighted by molar-refractivity contribution is 6.30. The predicted molar refractivity (Wildman–Crippen MR) is 114 cm³/mol. The first-order chi connectivity index (χ1) is 13.6. The molecule has 1 atom stereocenters. The van der Waals surface area contributed by atoms with Crippen molar-refractivity contribution in [2.24, 2.45) is 5.10 Å². The number of carbonyl (C=O) groups is 1. The summed E-state index contributed by atoms with van der Waals surface area (Å²) in [5.41, 5.74) is 3.78. The third-order valence-electron chi connectivity index (χ3n) is 4.90. The van der Waals surface area contributed by atoms with Crippen molar-refractivity contribution >= 4 is 29.0 Å². The molecule has 0 spiro atoms. The summed E-state index contributed by atoms with van der Waals surface area (Å²) in [6, 6.07) is 26.9. The molecule has 5 heteroatoms. The van der Waals surface area contributed by atoms with Gasteiger partial charge in [0.05, 0.1) is 11.8 Å². The van der Waals surface area contributed by atoms with Crippen molar-refractivity contribution < 1.29 is 4.79 Å². The van der Waals surface area contributed by atoms with E-state index in [2.05, 4.69) is 0 Å². The fourth-order valence-electron chi connectivity index (χ4n) is 3.36. The first-order valence-corrected chi connectivity index (χ1v) is 9.51. The molecular formula is C23H20ClN3O. The Balaban J connectivity index is 1.68. The maximum atomic E-state index is 13.3. The molecule has 1 unspecified atom stereocenters. The van der Waals surface area contributed by atoms with Gasteiger partial charge in [0, 0.05) is 24.2 Å². The molecule has 0 bridgehead atoms. The van der Waals surface area contributed by atoms with Crippen LogP contribution >= 0.6 is 11.6 Å². The Morgan fingerprint density at radius 3 is 2.21 bits per heavy atom. The van der Waals surface area contributed by atoms with Crippen LogP contribution in [0.15, 0.2) is 90.0 Å². The molecule has 1 aliphatic heterocycles. The van der Waals surface area contributed by atoms with E-state index in [1.54, 1.807) is 29.1 Å². The van der Waals surface area contributed by atoms with E-state index in [9.17, 15) is 4.79 Å². The molecule has 0 aliphatic carbocycles. The number of halogens is 1. The highest BCUT2D eigenvalue weighted by Crippen LogP contribution is 2.34. The van der Waals surface area contributed by atoms with Crippen molar-refractivity contribution in [2.45, 2.75) is 12.5 Å². The maximum absolute atomic E-state index is 13.3. The lowest BCUT2D eigenvalue weighted by Crippen LogP contribution is -2.38. The zero-order chi connectivity index (χ0) is 19.5. The number of amides is 2. The van der Waals surface area contributed by atoms with E-state index >= 15 is 0 Å². The van der Waals surface area contributed by atoms with Gasteiger partial charge in [-0.05, 0) is 35.4 Å². The SMILES string of the molecule is CN(C(=O)N1N=C(c2ccccc2)CC1c1ccccc1)c1ccc(Cl)cc1. The van der Waals surface area contributed by atoms with Crippen molar-refractivity contribution in [1.29, 1.82) is 0 Å². The average Bonchev–Trinajstić information content (AvgIpc) is 3.20. The fourth-order valence-corrected chi connectivity index (χ4v) is 3.48. The van der Waals surface area contributed by atoms with Gasteiger partial charge in [0.15, 0.2) is 0 Å². The summed E-state index contributed by atoms with van der Waals surface area (Å²) in [4.78, 5) is 14.9. The number of anilines is 1. The van der Waals surface area contributed by atoms with Crippen molar-refractivity contribution in [3.8, 4) is 0 Å². The highest BCUT2D eigenvalue weighted by Gasteiger charge is 2.34. The number of hydrogen-bond acceptors (Lipinski definition) is 2. The minimum Gasteiger partial charge on any atom is -0.296 e. The van der Waals surface area contributed by atoms with E-state index in [1.807, 2.05) is 72.8 Å². The zero-order valence-corrected chi connectivity index (χ0v) is 16.3. The quantitative estimate of drug-likeness (QED) is 0.562. The average molecular weight is 390 g/mol. The fraction of sp³-hybridized carbons (Fsp3) is 0.130. The number of benzene rings is 3. The Morgan fingerprint density at radius 1 is 0.964 bits per heavy atom. The summed E-state index contributed by atoms with van der Waals surface area (Å²) in [5, 5.41) is 6.94. The molecular weight excluding hydrogens is 370 g/mol. The van der Waals surface area contributed by atoms with Crippen LogP contribution in [0.2, 0.25) is 5.02 Å². The second-order valence-electron chi connectivity index (χ2n) is 6.71. The zero-order valence-electron chi connectivity index (χ0n) is 15.5. The number of hydrazone groups is 1. The van der Waals surface area contributed by atoms with Crippen LogP contribution in [0.1, 0.15) is 23.6 Å². The van der Waals surface area contributed by atoms with E-state index < -0.39 is 0 Å². The van der Waals surface area contributed by atoms with Crippen molar-refractivity contribution in [3.63, 3.8) is 0 Å². The van der Waals surface area contributed by atoms with E-state index in [4.69, 9.17) is 16.7 Å². The first kappa shape index (κ1) is 18.3. The van der Waals surface area contributed by atoms with Crippen LogP contribution in [0.25, 0.3) is 0 Å². The lowest BCUT2D eigenvalue weighted by Gasteiger charge is -2.27. The normalized spacial score (nSPS) is 16.0. The van der Waals surface area contributed by atoms with Gasteiger partial charge in [-0.3, -0.25) is 4.90 Å². The van der Waals surface area contributed by atoms with Crippen molar-refractivity contribution in [1.82, 2.24) is 5.01 Å². The van der Waals surface area contributed by atoms with Crippen LogP contribution in [0, 0.1) is 0 Å². The van der Waals surface area contributed by atoms with Crippen molar-refractivity contribution in [2.75, 3.05) is 11.9 Å². The van der Waals surface area contributed by atoms with Gasteiger partial charge in [0.2, 0.25) is 0 Å². The molecule has 0 saturated carbocycles. The van der Waals surface area contributed by atoms with E-state index in [0.717, 1.165) is 22.5 Å².